The minimum atomic E-state index is 0.0889. The number of ether oxygens (including phenoxy) is 1. The molecule has 1 aromatic rings. The second-order valence-electron chi connectivity index (χ2n) is 4.06. The Morgan fingerprint density at radius 2 is 2.53 bits per heavy atom. The maximum absolute atomic E-state index is 9.17. The number of methoxy groups -OCH3 is 1. The average Bonchev–Trinajstić information content (AvgIpc) is 2.38. The Kier molecular flexibility index (Phi) is 3.65. The zero-order chi connectivity index (χ0) is 12.3. The molecule has 17 heavy (non-hydrogen) atoms. The van der Waals surface area contributed by atoms with Crippen molar-refractivity contribution >= 4 is 11.5 Å². The molecule has 1 atom stereocenters. The zero-order valence-electron chi connectivity index (χ0n) is 9.89. The Morgan fingerprint density at radius 3 is 3.24 bits per heavy atom. The van der Waals surface area contributed by atoms with Crippen molar-refractivity contribution in [3.63, 3.8) is 0 Å². The molecule has 1 aromatic heterocycles. The number of nitrogens with one attached hydrogen (secondary N) is 1. The number of aromatic nitrogens is 1. The summed E-state index contributed by atoms with van der Waals surface area (Å²) in [6.45, 7) is 2.55. The van der Waals surface area contributed by atoms with Gasteiger partial charge in [-0.2, -0.15) is 0 Å². The molecule has 0 spiro atoms. The van der Waals surface area contributed by atoms with Crippen LogP contribution in [0.25, 0.3) is 0 Å². The Morgan fingerprint density at radius 1 is 1.71 bits per heavy atom. The van der Waals surface area contributed by atoms with E-state index in [4.69, 9.17) is 10.5 Å². The summed E-state index contributed by atoms with van der Waals surface area (Å²) in [5.41, 5.74) is 6.54. The maximum Gasteiger partial charge on any atom is 0.147 e. The summed E-state index contributed by atoms with van der Waals surface area (Å²) in [6.07, 6.45) is 1.72. The van der Waals surface area contributed by atoms with E-state index in [-0.39, 0.29) is 12.6 Å². The van der Waals surface area contributed by atoms with Gasteiger partial charge in [-0.1, -0.05) is 0 Å². The van der Waals surface area contributed by atoms with Crippen molar-refractivity contribution in [1.29, 1.82) is 0 Å². The van der Waals surface area contributed by atoms with Crippen LogP contribution in [-0.2, 0) is 0 Å². The molecule has 2 rings (SSSR count). The lowest BCUT2D eigenvalue weighted by atomic mass is 10.2. The standard InChI is InChI=1S/C11H18N4O2/c1-17-10-4-11(12)14-5-9(10)15-3-2-13-8(6-15)7-16/h4-5,8,13,16H,2-3,6-7H2,1H3,(H2,12,14). The number of anilines is 2. The summed E-state index contributed by atoms with van der Waals surface area (Å²) in [5.74, 6) is 1.16. The lowest BCUT2D eigenvalue weighted by Gasteiger charge is -2.34. The summed E-state index contributed by atoms with van der Waals surface area (Å²) in [4.78, 5) is 6.23. The van der Waals surface area contributed by atoms with Gasteiger partial charge in [0, 0.05) is 31.7 Å². The van der Waals surface area contributed by atoms with Gasteiger partial charge in [-0.05, 0) is 0 Å². The molecule has 1 aliphatic heterocycles. The van der Waals surface area contributed by atoms with Crippen molar-refractivity contribution in [2.45, 2.75) is 6.04 Å². The summed E-state index contributed by atoms with van der Waals surface area (Å²) < 4.78 is 5.30. The van der Waals surface area contributed by atoms with Crippen molar-refractivity contribution in [3.05, 3.63) is 12.3 Å². The summed E-state index contributed by atoms with van der Waals surface area (Å²) in [6, 6.07) is 1.80. The molecule has 94 valence electrons. The first-order valence-corrected chi connectivity index (χ1v) is 5.63. The number of nitrogen functional groups attached to an aromatic ring is 1. The first-order chi connectivity index (χ1) is 8.24. The van der Waals surface area contributed by atoms with Crippen LogP contribution in [0, 0.1) is 0 Å². The number of nitrogens with two attached hydrogens (primary N) is 1. The van der Waals surface area contributed by atoms with E-state index in [0.717, 1.165) is 31.1 Å². The second-order valence-corrected chi connectivity index (χ2v) is 4.06. The van der Waals surface area contributed by atoms with Gasteiger partial charge in [-0.25, -0.2) is 4.98 Å². The first kappa shape index (κ1) is 11.9. The van der Waals surface area contributed by atoms with E-state index in [2.05, 4.69) is 15.2 Å². The van der Waals surface area contributed by atoms with E-state index in [1.807, 2.05) is 0 Å². The van der Waals surface area contributed by atoms with Crippen LogP contribution in [0.2, 0.25) is 0 Å². The van der Waals surface area contributed by atoms with E-state index < -0.39 is 0 Å². The molecule has 0 aromatic carbocycles. The molecule has 0 radical (unpaired) electrons. The van der Waals surface area contributed by atoms with E-state index in [9.17, 15) is 5.11 Å². The highest BCUT2D eigenvalue weighted by atomic mass is 16.5. The zero-order valence-corrected chi connectivity index (χ0v) is 9.89. The Balaban J connectivity index is 2.20. The molecule has 1 aliphatic rings. The van der Waals surface area contributed by atoms with Gasteiger partial charge in [0.15, 0.2) is 0 Å². The molecular formula is C11H18N4O2. The van der Waals surface area contributed by atoms with Gasteiger partial charge in [0.1, 0.15) is 11.6 Å². The van der Waals surface area contributed by atoms with Gasteiger partial charge in [-0.15, -0.1) is 0 Å². The van der Waals surface area contributed by atoms with Crippen LogP contribution in [0.5, 0.6) is 5.75 Å². The SMILES string of the molecule is COc1cc(N)ncc1N1CCNC(CO)C1. The molecule has 1 unspecified atom stereocenters. The van der Waals surface area contributed by atoms with Gasteiger partial charge >= 0.3 is 0 Å². The molecule has 4 N–H and O–H groups in total. The van der Waals surface area contributed by atoms with Crippen LogP contribution < -0.4 is 20.7 Å². The number of hydrogen-bond acceptors (Lipinski definition) is 6. The fourth-order valence-corrected chi connectivity index (χ4v) is 2.01. The van der Waals surface area contributed by atoms with Gasteiger partial charge in [0.05, 0.1) is 25.6 Å². The largest absolute Gasteiger partial charge is 0.494 e. The molecule has 0 amide bonds. The molecule has 6 heteroatoms. The van der Waals surface area contributed by atoms with Crippen LogP contribution in [0.3, 0.4) is 0 Å². The number of hydrogen-bond donors (Lipinski definition) is 3. The topological polar surface area (TPSA) is 83.6 Å². The minimum absolute atomic E-state index is 0.0889. The van der Waals surface area contributed by atoms with Crippen molar-refractivity contribution in [3.8, 4) is 5.75 Å². The molecule has 0 aliphatic carbocycles. The summed E-state index contributed by atoms with van der Waals surface area (Å²) in [5, 5.41) is 12.4. The Hall–Kier alpha value is -1.53. The number of rotatable bonds is 3. The molecule has 1 saturated heterocycles. The highest BCUT2D eigenvalue weighted by Crippen LogP contribution is 2.29. The van der Waals surface area contributed by atoms with E-state index >= 15 is 0 Å². The van der Waals surface area contributed by atoms with Crippen LogP contribution in [-0.4, -0.2) is 49.5 Å². The van der Waals surface area contributed by atoms with Gasteiger partial charge < -0.3 is 25.8 Å². The van der Waals surface area contributed by atoms with Crippen LogP contribution in [0.4, 0.5) is 11.5 Å². The normalized spacial score (nSPS) is 20.4. The molecule has 1 fully saturated rings. The highest BCUT2D eigenvalue weighted by Gasteiger charge is 2.21. The van der Waals surface area contributed by atoms with Gasteiger partial charge in [0.2, 0.25) is 0 Å². The lowest BCUT2D eigenvalue weighted by molar-refractivity contribution is 0.235. The smallest absolute Gasteiger partial charge is 0.147 e. The Bertz CT molecular complexity index is 386. The average molecular weight is 238 g/mol. The van der Waals surface area contributed by atoms with Crippen LogP contribution in [0.1, 0.15) is 0 Å². The quantitative estimate of drug-likeness (QED) is 0.655. The lowest BCUT2D eigenvalue weighted by Crippen LogP contribution is -2.52. The fraction of sp³-hybridized carbons (Fsp3) is 0.545. The minimum Gasteiger partial charge on any atom is -0.494 e. The van der Waals surface area contributed by atoms with Gasteiger partial charge in [0.25, 0.3) is 0 Å². The Labute approximate surface area is 100 Å². The van der Waals surface area contributed by atoms with E-state index in [0.29, 0.717) is 5.82 Å². The third kappa shape index (κ3) is 2.59. The maximum atomic E-state index is 9.17. The van der Waals surface area contributed by atoms with Gasteiger partial charge in [-0.3, -0.25) is 0 Å². The second kappa shape index (κ2) is 5.20. The predicted molar refractivity (Wildman–Crippen MR) is 66.3 cm³/mol. The molecule has 2 heterocycles. The van der Waals surface area contributed by atoms with Crippen molar-refractivity contribution in [2.75, 3.05) is 44.0 Å². The predicted octanol–water partition coefficient (Wildman–Crippen LogP) is -0.557. The summed E-state index contributed by atoms with van der Waals surface area (Å²) in [7, 11) is 1.62. The highest BCUT2D eigenvalue weighted by molar-refractivity contribution is 5.60. The summed E-state index contributed by atoms with van der Waals surface area (Å²) >= 11 is 0. The third-order valence-corrected chi connectivity index (χ3v) is 2.90. The third-order valence-electron chi connectivity index (χ3n) is 2.90. The first-order valence-electron chi connectivity index (χ1n) is 5.63. The van der Waals surface area contributed by atoms with Crippen molar-refractivity contribution < 1.29 is 9.84 Å². The van der Waals surface area contributed by atoms with Crippen molar-refractivity contribution in [2.24, 2.45) is 0 Å². The van der Waals surface area contributed by atoms with Crippen LogP contribution in [0.15, 0.2) is 12.3 Å². The number of piperazine rings is 1. The molecule has 0 saturated carbocycles. The number of pyridine rings is 1. The van der Waals surface area contributed by atoms with E-state index in [1.165, 1.54) is 0 Å². The molecule has 6 nitrogen and oxygen atoms in total. The van der Waals surface area contributed by atoms with Crippen LogP contribution >= 0.6 is 0 Å². The van der Waals surface area contributed by atoms with Crippen molar-refractivity contribution in [1.82, 2.24) is 10.3 Å². The number of nitrogens with zero attached hydrogens (tertiary/aromatic N) is 2. The monoisotopic (exact) mass is 238 g/mol. The molecular weight excluding hydrogens is 220 g/mol. The molecule has 0 bridgehead atoms. The number of aliphatic hydroxyl groups excluding tert-OH is 1. The van der Waals surface area contributed by atoms with E-state index in [1.54, 1.807) is 19.4 Å². The number of aliphatic hydroxyl groups is 1. The fourth-order valence-electron chi connectivity index (χ4n) is 2.01.